The Morgan fingerprint density at radius 2 is 2.00 bits per heavy atom. The molecule has 1 aliphatic heterocycles. The van der Waals surface area contributed by atoms with Gasteiger partial charge in [0.2, 0.25) is 0 Å². The van der Waals surface area contributed by atoms with Crippen molar-refractivity contribution in [2.24, 2.45) is 0 Å². The summed E-state index contributed by atoms with van der Waals surface area (Å²) in [6.07, 6.45) is 1.13. The maximum absolute atomic E-state index is 9.77. The van der Waals surface area contributed by atoms with Gasteiger partial charge < -0.3 is 20.3 Å². The highest BCUT2D eigenvalue weighted by atomic mass is 16.5. The lowest BCUT2D eigenvalue weighted by Crippen LogP contribution is -2.36. The van der Waals surface area contributed by atoms with Crippen LogP contribution in [0.1, 0.15) is 31.9 Å². The second-order valence-corrected chi connectivity index (χ2v) is 4.57. The SMILES string of the molecule is CC(NC1CCOC1C)c1c(O)cccc1O. The van der Waals surface area contributed by atoms with Crippen LogP contribution in [0.25, 0.3) is 0 Å². The third-order valence-electron chi connectivity index (χ3n) is 3.33. The molecule has 0 saturated carbocycles. The standard InChI is InChI=1S/C13H19NO3/c1-8(14-10-6-7-17-9(10)2)13-11(15)4-3-5-12(13)16/h3-5,8-10,14-16H,6-7H2,1-2H3. The van der Waals surface area contributed by atoms with Crippen LogP contribution in [-0.4, -0.2) is 29.0 Å². The van der Waals surface area contributed by atoms with Crippen molar-refractivity contribution in [1.82, 2.24) is 5.32 Å². The maximum atomic E-state index is 9.77. The third-order valence-corrected chi connectivity index (χ3v) is 3.33. The van der Waals surface area contributed by atoms with Gasteiger partial charge in [-0.15, -0.1) is 0 Å². The van der Waals surface area contributed by atoms with Crippen molar-refractivity contribution in [3.05, 3.63) is 23.8 Å². The summed E-state index contributed by atoms with van der Waals surface area (Å²) in [4.78, 5) is 0. The van der Waals surface area contributed by atoms with E-state index in [2.05, 4.69) is 5.32 Å². The molecule has 94 valence electrons. The van der Waals surface area contributed by atoms with Crippen molar-refractivity contribution < 1.29 is 14.9 Å². The first-order valence-corrected chi connectivity index (χ1v) is 5.98. The molecule has 1 heterocycles. The van der Waals surface area contributed by atoms with Gasteiger partial charge in [-0.3, -0.25) is 0 Å². The summed E-state index contributed by atoms with van der Waals surface area (Å²) in [7, 11) is 0. The van der Waals surface area contributed by atoms with Gasteiger partial charge in [0.1, 0.15) is 11.5 Å². The van der Waals surface area contributed by atoms with Crippen molar-refractivity contribution in [2.45, 2.75) is 38.5 Å². The second kappa shape index (κ2) is 4.94. The number of nitrogens with one attached hydrogen (secondary N) is 1. The zero-order valence-corrected chi connectivity index (χ0v) is 10.2. The lowest BCUT2D eigenvalue weighted by molar-refractivity contribution is 0.111. The van der Waals surface area contributed by atoms with E-state index in [1.54, 1.807) is 18.2 Å². The fraction of sp³-hybridized carbons (Fsp3) is 0.538. The van der Waals surface area contributed by atoms with Crippen LogP contribution in [0.3, 0.4) is 0 Å². The molecule has 1 aliphatic rings. The molecule has 17 heavy (non-hydrogen) atoms. The fourth-order valence-electron chi connectivity index (χ4n) is 2.34. The highest BCUT2D eigenvalue weighted by Crippen LogP contribution is 2.33. The quantitative estimate of drug-likeness (QED) is 0.751. The molecular weight excluding hydrogens is 218 g/mol. The van der Waals surface area contributed by atoms with E-state index in [4.69, 9.17) is 4.74 Å². The number of phenolic OH excluding ortho intramolecular Hbond substituents is 2. The largest absolute Gasteiger partial charge is 0.507 e. The number of rotatable bonds is 3. The normalized spacial score (nSPS) is 26.0. The van der Waals surface area contributed by atoms with E-state index in [0.29, 0.717) is 5.56 Å². The topological polar surface area (TPSA) is 61.7 Å². The average Bonchev–Trinajstić information content (AvgIpc) is 2.64. The van der Waals surface area contributed by atoms with Gasteiger partial charge in [-0.05, 0) is 32.4 Å². The number of benzene rings is 1. The molecule has 3 atom stereocenters. The monoisotopic (exact) mass is 237 g/mol. The Morgan fingerprint density at radius 3 is 2.53 bits per heavy atom. The maximum Gasteiger partial charge on any atom is 0.124 e. The Kier molecular flexibility index (Phi) is 3.54. The molecule has 0 aliphatic carbocycles. The van der Waals surface area contributed by atoms with Gasteiger partial charge in [-0.2, -0.15) is 0 Å². The van der Waals surface area contributed by atoms with Gasteiger partial charge in [0, 0.05) is 18.7 Å². The number of hydrogen-bond acceptors (Lipinski definition) is 4. The van der Waals surface area contributed by atoms with Crippen LogP contribution in [0.15, 0.2) is 18.2 Å². The zero-order chi connectivity index (χ0) is 12.4. The molecular formula is C13H19NO3. The summed E-state index contributed by atoms with van der Waals surface area (Å²) in [5.41, 5.74) is 0.548. The first-order valence-electron chi connectivity index (χ1n) is 5.98. The Labute approximate surface area is 101 Å². The minimum atomic E-state index is -0.106. The van der Waals surface area contributed by atoms with E-state index in [1.165, 1.54) is 0 Å². The van der Waals surface area contributed by atoms with Crippen LogP contribution in [0.4, 0.5) is 0 Å². The molecule has 0 bridgehead atoms. The van der Waals surface area contributed by atoms with Crippen LogP contribution in [0.5, 0.6) is 11.5 Å². The minimum absolute atomic E-state index is 0.106. The Bertz CT molecular complexity index is 374. The number of hydrogen-bond donors (Lipinski definition) is 3. The first kappa shape index (κ1) is 12.2. The van der Waals surface area contributed by atoms with E-state index in [9.17, 15) is 10.2 Å². The predicted molar refractivity (Wildman–Crippen MR) is 65.1 cm³/mol. The molecule has 3 unspecified atom stereocenters. The van der Waals surface area contributed by atoms with Gasteiger partial charge in [-0.25, -0.2) is 0 Å². The first-order chi connectivity index (χ1) is 8.09. The Morgan fingerprint density at radius 1 is 1.35 bits per heavy atom. The minimum Gasteiger partial charge on any atom is -0.507 e. The van der Waals surface area contributed by atoms with E-state index in [0.717, 1.165) is 13.0 Å². The molecule has 0 radical (unpaired) electrons. The summed E-state index contributed by atoms with van der Waals surface area (Å²) in [5, 5.41) is 22.9. The van der Waals surface area contributed by atoms with E-state index in [1.807, 2.05) is 13.8 Å². The zero-order valence-electron chi connectivity index (χ0n) is 10.2. The Hall–Kier alpha value is -1.26. The lowest BCUT2D eigenvalue weighted by Gasteiger charge is -2.23. The van der Waals surface area contributed by atoms with Gasteiger partial charge in [0.25, 0.3) is 0 Å². The number of phenols is 2. The van der Waals surface area contributed by atoms with Crippen LogP contribution >= 0.6 is 0 Å². The summed E-state index contributed by atoms with van der Waals surface area (Å²) in [5.74, 6) is 0.244. The highest BCUT2D eigenvalue weighted by molar-refractivity contribution is 5.44. The molecule has 4 nitrogen and oxygen atoms in total. The molecule has 4 heteroatoms. The van der Waals surface area contributed by atoms with Crippen LogP contribution in [0, 0.1) is 0 Å². The van der Waals surface area contributed by atoms with Crippen molar-refractivity contribution in [2.75, 3.05) is 6.61 Å². The molecule has 1 aromatic rings. The van der Waals surface area contributed by atoms with Crippen LogP contribution < -0.4 is 5.32 Å². The van der Waals surface area contributed by atoms with Crippen molar-refractivity contribution in [3.8, 4) is 11.5 Å². The summed E-state index contributed by atoms with van der Waals surface area (Å²) in [6, 6.07) is 4.96. The summed E-state index contributed by atoms with van der Waals surface area (Å²) < 4.78 is 5.48. The summed E-state index contributed by atoms with van der Waals surface area (Å²) >= 11 is 0. The molecule has 2 rings (SSSR count). The molecule has 1 aromatic carbocycles. The van der Waals surface area contributed by atoms with E-state index < -0.39 is 0 Å². The number of aromatic hydroxyl groups is 2. The number of ether oxygens (including phenoxy) is 1. The molecule has 0 spiro atoms. The van der Waals surface area contributed by atoms with E-state index in [-0.39, 0.29) is 29.7 Å². The predicted octanol–water partition coefficient (Wildman–Crippen LogP) is 1.93. The average molecular weight is 237 g/mol. The van der Waals surface area contributed by atoms with Crippen LogP contribution in [-0.2, 0) is 4.74 Å². The molecule has 1 saturated heterocycles. The fourth-order valence-corrected chi connectivity index (χ4v) is 2.34. The van der Waals surface area contributed by atoms with Crippen molar-refractivity contribution in [1.29, 1.82) is 0 Å². The van der Waals surface area contributed by atoms with Gasteiger partial charge >= 0.3 is 0 Å². The molecule has 3 N–H and O–H groups in total. The van der Waals surface area contributed by atoms with Crippen molar-refractivity contribution >= 4 is 0 Å². The highest BCUT2D eigenvalue weighted by Gasteiger charge is 2.27. The van der Waals surface area contributed by atoms with Gasteiger partial charge in [0.15, 0.2) is 0 Å². The smallest absolute Gasteiger partial charge is 0.124 e. The summed E-state index contributed by atoms with van der Waals surface area (Å²) in [6.45, 7) is 4.72. The van der Waals surface area contributed by atoms with Gasteiger partial charge in [0.05, 0.1) is 11.7 Å². The van der Waals surface area contributed by atoms with Crippen LogP contribution in [0.2, 0.25) is 0 Å². The van der Waals surface area contributed by atoms with E-state index >= 15 is 0 Å². The third kappa shape index (κ3) is 2.53. The lowest BCUT2D eigenvalue weighted by atomic mass is 10.0. The molecule has 1 fully saturated rings. The van der Waals surface area contributed by atoms with Gasteiger partial charge in [-0.1, -0.05) is 6.07 Å². The second-order valence-electron chi connectivity index (χ2n) is 4.57. The Balaban J connectivity index is 2.11. The molecule has 0 aromatic heterocycles. The van der Waals surface area contributed by atoms with Crippen molar-refractivity contribution in [3.63, 3.8) is 0 Å². The molecule has 0 amide bonds.